The van der Waals surface area contributed by atoms with Crippen molar-refractivity contribution in [2.75, 3.05) is 24.5 Å². The Bertz CT molecular complexity index is 500. The standard InChI is InChI=1S/C15H21FN2O3/c1-10-8-18(9-11(2)21-10)14-5-12(3-4-13(14)16)6-17-7-15(19)20/h3-5,10-11,17H,6-9H2,1-2H3,(H,19,20). The molecule has 0 aromatic heterocycles. The number of carboxylic acids is 1. The summed E-state index contributed by atoms with van der Waals surface area (Å²) in [6.07, 6.45) is 0.115. The van der Waals surface area contributed by atoms with Crippen LogP contribution in [0.15, 0.2) is 18.2 Å². The van der Waals surface area contributed by atoms with Crippen LogP contribution in [0.2, 0.25) is 0 Å². The summed E-state index contributed by atoms with van der Waals surface area (Å²) in [5.74, 6) is -1.17. The number of halogens is 1. The lowest BCUT2D eigenvalue weighted by Gasteiger charge is -2.37. The van der Waals surface area contributed by atoms with Crippen molar-refractivity contribution in [2.24, 2.45) is 0 Å². The largest absolute Gasteiger partial charge is 0.480 e. The quantitative estimate of drug-likeness (QED) is 0.864. The minimum absolute atomic E-state index is 0.0574. The minimum Gasteiger partial charge on any atom is -0.480 e. The maximum absolute atomic E-state index is 14.1. The Hall–Kier alpha value is -1.66. The zero-order chi connectivity index (χ0) is 15.4. The molecular formula is C15H21FN2O3. The number of rotatable bonds is 5. The van der Waals surface area contributed by atoms with Crippen molar-refractivity contribution in [3.8, 4) is 0 Å². The van der Waals surface area contributed by atoms with Gasteiger partial charge in [0.15, 0.2) is 0 Å². The Balaban J connectivity index is 2.09. The summed E-state index contributed by atoms with van der Waals surface area (Å²) in [7, 11) is 0. The van der Waals surface area contributed by atoms with Crippen molar-refractivity contribution in [3.05, 3.63) is 29.6 Å². The van der Waals surface area contributed by atoms with Gasteiger partial charge in [-0.25, -0.2) is 4.39 Å². The van der Waals surface area contributed by atoms with Gasteiger partial charge in [-0.1, -0.05) is 6.07 Å². The molecule has 1 aromatic rings. The van der Waals surface area contributed by atoms with Gasteiger partial charge in [0.1, 0.15) is 5.82 Å². The first kappa shape index (κ1) is 15.7. The first-order chi connectivity index (χ1) is 9.95. The van der Waals surface area contributed by atoms with Crippen LogP contribution in [0.1, 0.15) is 19.4 Å². The molecule has 0 aliphatic carbocycles. The molecule has 0 spiro atoms. The van der Waals surface area contributed by atoms with E-state index in [4.69, 9.17) is 9.84 Å². The van der Waals surface area contributed by atoms with Gasteiger partial charge in [-0.3, -0.25) is 4.79 Å². The van der Waals surface area contributed by atoms with Crippen molar-refractivity contribution in [1.29, 1.82) is 0 Å². The normalized spacial score (nSPS) is 22.3. The van der Waals surface area contributed by atoms with Crippen LogP contribution in [0.25, 0.3) is 0 Å². The number of carboxylic acid groups (broad SMARTS) is 1. The molecule has 116 valence electrons. The van der Waals surface area contributed by atoms with Gasteiger partial charge < -0.3 is 20.1 Å². The molecule has 1 fully saturated rings. The van der Waals surface area contributed by atoms with E-state index in [1.54, 1.807) is 12.1 Å². The zero-order valence-electron chi connectivity index (χ0n) is 12.3. The molecule has 21 heavy (non-hydrogen) atoms. The Morgan fingerprint density at radius 3 is 2.71 bits per heavy atom. The maximum Gasteiger partial charge on any atom is 0.317 e. The molecule has 5 nitrogen and oxygen atoms in total. The van der Waals surface area contributed by atoms with Crippen LogP contribution in [0, 0.1) is 5.82 Å². The summed E-state index contributed by atoms with van der Waals surface area (Å²) in [6.45, 7) is 5.52. The van der Waals surface area contributed by atoms with Crippen LogP contribution >= 0.6 is 0 Å². The Kier molecular flexibility index (Phi) is 5.14. The summed E-state index contributed by atoms with van der Waals surface area (Å²) in [5.41, 5.74) is 1.41. The van der Waals surface area contributed by atoms with Crippen molar-refractivity contribution >= 4 is 11.7 Å². The van der Waals surface area contributed by atoms with E-state index in [2.05, 4.69) is 5.32 Å². The highest BCUT2D eigenvalue weighted by atomic mass is 19.1. The lowest BCUT2D eigenvalue weighted by atomic mass is 10.1. The van der Waals surface area contributed by atoms with Gasteiger partial charge in [-0.05, 0) is 31.5 Å². The third kappa shape index (κ3) is 4.41. The second-order valence-electron chi connectivity index (χ2n) is 5.45. The fourth-order valence-corrected chi connectivity index (χ4v) is 2.60. The summed E-state index contributed by atoms with van der Waals surface area (Å²) in [4.78, 5) is 12.5. The molecule has 1 saturated heterocycles. The van der Waals surface area contributed by atoms with Gasteiger partial charge in [0.2, 0.25) is 0 Å². The predicted octanol–water partition coefficient (Wildman–Crippen LogP) is 1.61. The van der Waals surface area contributed by atoms with Crippen LogP contribution in [-0.4, -0.2) is 42.9 Å². The lowest BCUT2D eigenvalue weighted by Crippen LogP contribution is -2.45. The van der Waals surface area contributed by atoms with E-state index in [9.17, 15) is 9.18 Å². The van der Waals surface area contributed by atoms with Gasteiger partial charge in [-0.2, -0.15) is 0 Å². The molecule has 1 aliphatic heterocycles. The number of anilines is 1. The van der Waals surface area contributed by atoms with E-state index >= 15 is 0 Å². The van der Waals surface area contributed by atoms with E-state index in [0.717, 1.165) is 5.56 Å². The summed E-state index contributed by atoms with van der Waals surface area (Å²) in [6, 6.07) is 4.87. The third-order valence-corrected chi connectivity index (χ3v) is 3.38. The first-order valence-electron chi connectivity index (χ1n) is 7.07. The van der Waals surface area contributed by atoms with E-state index < -0.39 is 5.97 Å². The van der Waals surface area contributed by atoms with Gasteiger partial charge >= 0.3 is 5.97 Å². The third-order valence-electron chi connectivity index (χ3n) is 3.38. The highest BCUT2D eigenvalue weighted by molar-refractivity contribution is 5.69. The van der Waals surface area contributed by atoms with Crippen LogP contribution in [0.5, 0.6) is 0 Å². The van der Waals surface area contributed by atoms with Gasteiger partial charge in [0.05, 0.1) is 24.4 Å². The molecule has 1 aliphatic rings. The number of hydrogen-bond donors (Lipinski definition) is 2. The number of benzene rings is 1. The number of nitrogens with one attached hydrogen (secondary N) is 1. The topological polar surface area (TPSA) is 61.8 Å². The summed E-state index contributed by atoms with van der Waals surface area (Å²) >= 11 is 0. The monoisotopic (exact) mass is 296 g/mol. The second-order valence-corrected chi connectivity index (χ2v) is 5.45. The van der Waals surface area contributed by atoms with Crippen molar-refractivity contribution < 1.29 is 19.0 Å². The van der Waals surface area contributed by atoms with Crippen LogP contribution in [0.4, 0.5) is 10.1 Å². The number of carbonyl (C=O) groups is 1. The molecule has 0 amide bonds. The molecule has 0 saturated carbocycles. The molecule has 2 N–H and O–H groups in total. The van der Waals surface area contributed by atoms with Crippen LogP contribution in [-0.2, 0) is 16.1 Å². The van der Waals surface area contributed by atoms with Crippen molar-refractivity contribution in [1.82, 2.24) is 5.32 Å². The molecule has 0 radical (unpaired) electrons. The highest BCUT2D eigenvalue weighted by Crippen LogP contribution is 2.24. The maximum atomic E-state index is 14.1. The lowest BCUT2D eigenvalue weighted by molar-refractivity contribution is -0.136. The highest BCUT2D eigenvalue weighted by Gasteiger charge is 2.24. The zero-order valence-corrected chi connectivity index (χ0v) is 12.3. The average molecular weight is 296 g/mol. The van der Waals surface area contributed by atoms with Crippen LogP contribution in [0.3, 0.4) is 0 Å². The molecular weight excluding hydrogens is 275 g/mol. The van der Waals surface area contributed by atoms with Crippen LogP contribution < -0.4 is 10.2 Å². The van der Waals surface area contributed by atoms with E-state index in [1.807, 2.05) is 18.7 Å². The molecule has 2 rings (SSSR count). The van der Waals surface area contributed by atoms with E-state index in [0.29, 0.717) is 25.3 Å². The number of nitrogens with zero attached hydrogens (tertiary/aromatic N) is 1. The van der Waals surface area contributed by atoms with Gasteiger partial charge in [-0.15, -0.1) is 0 Å². The molecule has 2 unspecified atom stereocenters. The number of ether oxygens (including phenoxy) is 1. The van der Waals surface area contributed by atoms with E-state index in [1.165, 1.54) is 6.07 Å². The Morgan fingerprint density at radius 1 is 1.43 bits per heavy atom. The molecule has 6 heteroatoms. The fourth-order valence-electron chi connectivity index (χ4n) is 2.60. The Labute approximate surface area is 123 Å². The molecule has 2 atom stereocenters. The molecule has 0 bridgehead atoms. The van der Waals surface area contributed by atoms with E-state index in [-0.39, 0.29) is 24.6 Å². The predicted molar refractivity (Wildman–Crippen MR) is 78.0 cm³/mol. The SMILES string of the molecule is CC1CN(c2cc(CNCC(=O)O)ccc2F)CC(C)O1. The average Bonchev–Trinajstić information content (AvgIpc) is 2.39. The number of aliphatic carboxylic acids is 1. The second kappa shape index (κ2) is 6.87. The smallest absolute Gasteiger partial charge is 0.317 e. The van der Waals surface area contributed by atoms with Gasteiger partial charge in [0.25, 0.3) is 0 Å². The van der Waals surface area contributed by atoms with Crippen molar-refractivity contribution in [3.63, 3.8) is 0 Å². The van der Waals surface area contributed by atoms with Gasteiger partial charge in [0, 0.05) is 19.6 Å². The summed E-state index contributed by atoms with van der Waals surface area (Å²) in [5, 5.41) is 11.4. The summed E-state index contributed by atoms with van der Waals surface area (Å²) < 4.78 is 19.7. The number of morpholine rings is 1. The molecule has 1 aromatic carbocycles. The minimum atomic E-state index is -0.909. The first-order valence-corrected chi connectivity index (χ1v) is 7.07. The Morgan fingerprint density at radius 2 is 2.10 bits per heavy atom. The molecule has 1 heterocycles. The fraction of sp³-hybridized carbons (Fsp3) is 0.533. The number of hydrogen-bond acceptors (Lipinski definition) is 4. The van der Waals surface area contributed by atoms with Crippen molar-refractivity contribution in [2.45, 2.75) is 32.6 Å².